The van der Waals surface area contributed by atoms with E-state index in [9.17, 15) is 4.79 Å². The molecule has 1 aromatic rings. The Kier molecular flexibility index (Phi) is 5.59. The lowest BCUT2D eigenvalue weighted by Crippen LogP contribution is -2.33. The molecule has 0 aliphatic rings. The van der Waals surface area contributed by atoms with Gasteiger partial charge in [-0.2, -0.15) is 0 Å². The summed E-state index contributed by atoms with van der Waals surface area (Å²) in [4.78, 5) is 17.6. The molecule has 0 saturated heterocycles. The van der Waals surface area contributed by atoms with Gasteiger partial charge >= 0.3 is 0 Å². The minimum Gasteiger partial charge on any atom is -0.380 e. The number of hydrogen-bond acceptors (Lipinski definition) is 4. The molecule has 1 rings (SSSR count). The first-order chi connectivity index (χ1) is 8.17. The quantitative estimate of drug-likeness (QED) is 0.777. The highest BCUT2D eigenvalue weighted by molar-refractivity contribution is 5.76. The van der Waals surface area contributed by atoms with Gasteiger partial charge in [-0.1, -0.05) is 6.07 Å². The molecule has 17 heavy (non-hydrogen) atoms. The van der Waals surface area contributed by atoms with Gasteiger partial charge in [-0.25, -0.2) is 0 Å². The molecule has 0 fully saturated rings. The van der Waals surface area contributed by atoms with Gasteiger partial charge in [0.05, 0.1) is 24.8 Å². The van der Waals surface area contributed by atoms with Gasteiger partial charge in [-0.3, -0.25) is 9.78 Å². The highest BCUT2D eigenvalue weighted by Crippen LogP contribution is 2.04. The lowest BCUT2D eigenvalue weighted by atomic mass is 10.2. The summed E-state index contributed by atoms with van der Waals surface area (Å²) < 4.78 is 5.08. The van der Waals surface area contributed by atoms with Crippen molar-refractivity contribution < 1.29 is 9.53 Å². The van der Waals surface area contributed by atoms with E-state index in [0.717, 1.165) is 5.69 Å². The van der Waals surface area contributed by atoms with Gasteiger partial charge in [0, 0.05) is 26.9 Å². The summed E-state index contributed by atoms with van der Waals surface area (Å²) in [5, 5.41) is 0. The predicted octanol–water partition coefficient (Wildman–Crippen LogP) is 0.404. The Morgan fingerprint density at radius 1 is 1.59 bits per heavy atom. The molecule has 0 aliphatic heterocycles. The van der Waals surface area contributed by atoms with Crippen LogP contribution in [0.3, 0.4) is 0 Å². The largest absolute Gasteiger partial charge is 0.380 e. The Morgan fingerprint density at radius 3 is 2.88 bits per heavy atom. The van der Waals surface area contributed by atoms with Gasteiger partial charge in [0.1, 0.15) is 0 Å². The number of nitrogens with two attached hydrogens (primary N) is 1. The molecule has 0 saturated carbocycles. The molecule has 0 spiro atoms. The average molecular weight is 237 g/mol. The number of ether oxygens (including phenoxy) is 1. The van der Waals surface area contributed by atoms with Crippen molar-refractivity contribution >= 4 is 5.91 Å². The molecular weight excluding hydrogens is 218 g/mol. The molecule has 1 atom stereocenters. The van der Waals surface area contributed by atoms with E-state index in [0.29, 0.717) is 19.5 Å². The van der Waals surface area contributed by atoms with E-state index in [1.807, 2.05) is 18.2 Å². The van der Waals surface area contributed by atoms with E-state index in [1.54, 1.807) is 25.3 Å². The molecule has 1 amide bonds. The summed E-state index contributed by atoms with van der Waals surface area (Å²) >= 11 is 0. The van der Waals surface area contributed by atoms with E-state index >= 15 is 0 Å². The summed E-state index contributed by atoms with van der Waals surface area (Å²) in [6, 6.07) is 5.64. The molecule has 0 bridgehead atoms. The SMILES string of the molecule is COC(CN)CC(=O)N(C)Cc1ccccn1. The zero-order valence-corrected chi connectivity index (χ0v) is 10.3. The Hall–Kier alpha value is -1.46. The van der Waals surface area contributed by atoms with Crippen molar-refractivity contribution in [1.82, 2.24) is 9.88 Å². The second-order valence-electron chi connectivity index (χ2n) is 3.87. The van der Waals surface area contributed by atoms with Crippen molar-refractivity contribution in [3.63, 3.8) is 0 Å². The third-order valence-electron chi connectivity index (χ3n) is 2.55. The third-order valence-corrected chi connectivity index (χ3v) is 2.55. The number of methoxy groups -OCH3 is 1. The fraction of sp³-hybridized carbons (Fsp3) is 0.500. The first-order valence-corrected chi connectivity index (χ1v) is 5.54. The number of pyridine rings is 1. The van der Waals surface area contributed by atoms with Crippen LogP contribution >= 0.6 is 0 Å². The van der Waals surface area contributed by atoms with E-state index in [4.69, 9.17) is 10.5 Å². The van der Waals surface area contributed by atoms with Gasteiger partial charge in [-0.15, -0.1) is 0 Å². The maximum Gasteiger partial charge on any atom is 0.225 e. The molecule has 0 aliphatic carbocycles. The van der Waals surface area contributed by atoms with Crippen LogP contribution in [0.2, 0.25) is 0 Å². The van der Waals surface area contributed by atoms with Gasteiger partial charge in [0.15, 0.2) is 0 Å². The van der Waals surface area contributed by atoms with E-state index in [1.165, 1.54) is 0 Å². The fourth-order valence-electron chi connectivity index (χ4n) is 1.44. The van der Waals surface area contributed by atoms with Crippen molar-refractivity contribution in [3.8, 4) is 0 Å². The minimum atomic E-state index is -0.214. The second kappa shape index (κ2) is 6.98. The average Bonchev–Trinajstić information content (AvgIpc) is 2.36. The third kappa shape index (κ3) is 4.50. The summed E-state index contributed by atoms with van der Waals surface area (Å²) in [6.45, 7) is 0.848. The summed E-state index contributed by atoms with van der Waals surface area (Å²) in [7, 11) is 3.31. The zero-order chi connectivity index (χ0) is 12.7. The highest BCUT2D eigenvalue weighted by atomic mass is 16.5. The van der Waals surface area contributed by atoms with E-state index < -0.39 is 0 Å². The van der Waals surface area contributed by atoms with E-state index in [2.05, 4.69) is 4.98 Å². The van der Waals surface area contributed by atoms with Crippen molar-refractivity contribution in [2.24, 2.45) is 5.73 Å². The first-order valence-electron chi connectivity index (χ1n) is 5.54. The maximum absolute atomic E-state index is 11.8. The highest BCUT2D eigenvalue weighted by Gasteiger charge is 2.15. The molecule has 0 radical (unpaired) electrons. The van der Waals surface area contributed by atoms with Crippen LogP contribution in [-0.4, -0.2) is 42.6 Å². The number of carbonyl (C=O) groups excluding carboxylic acids is 1. The molecule has 5 heteroatoms. The Labute approximate surface area is 102 Å². The second-order valence-corrected chi connectivity index (χ2v) is 3.87. The van der Waals surface area contributed by atoms with Gasteiger partial charge in [0.25, 0.3) is 0 Å². The van der Waals surface area contributed by atoms with Crippen LogP contribution in [0.25, 0.3) is 0 Å². The molecule has 0 aromatic carbocycles. The maximum atomic E-state index is 11.8. The Morgan fingerprint density at radius 2 is 2.35 bits per heavy atom. The normalized spacial score (nSPS) is 12.2. The van der Waals surface area contributed by atoms with Crippen molar-refractivity contribution in [2.75, 3.05) is 20.7 Å². The van der Waals surface area contributed by atoms with E-state index in [-0.39, 0.29) is 12.0 Å². The zero-order valence-electron chi connectivity index (χ0n) is 10.3. The first kappa shape index (κ1) is 13.6. The Bertz CT molecular complexity index is 339. The van der Waals surface area contributed by atoms with Crippen LogP contribution in [0.1, 0.15) is 12.1 Å². The smallest absolute Gasteiger partial charge is 0.225 e. The number of hydrogen-bond donors (Lipinski definition) is 1. The standard InChI is InChI=1S/C12H19N3O2/c1-15(9-10-5-3-4-6-14-10)12(16)7-11(8-13)17-2/h3-6,11H,7-9,13H2,1-2H3. The molecule has 1 unspecified atom stereocenters. The molecule has 5 nitrogen and oxygen atoms in total. The predicted molar refractivity (Wildman–Crippen MR) is 65.2 cm³/mol. The topological polar surface area (TPSA) is 68.5 Å². The molecule has 94 valence electrons. The summed E-state index contributed by atoms with van der Waals surface area (Å²) in [6.07, 6.45) is 1.80. The number of amides is 1. The van der Waals surface area contributed by atoms with Gasteiger partial charge in [-0.05, 0) is 12.1 Å². The van der Waals surface area contributed by atoms with Gasteiger partial charge < -0.3 is 15.4 Å². The van der Waals surface area contributed by atoms with Crippen LogP contribution in [0, 0.1) is 0 Å². The van der Waals surface area contributed by atoms with Crippen LogP contribution in [-0.2, 0) is 16.1 Å². The molecular formula is C12H19N3O2. The number of carbonyl (C=O) groups is 1. The van der Waals surface area contributed by atoms with Crippen molar-refractivity contribution in [2.45, 2.75) is 19.1 Å². The summed E-state index contributed by atoms with van der Waals surface area (Å²) in [5.41, 5.74) is 6.34. The number of rotatable bonds is 6. The lowest BCUT2D eigenvalue weighted by Gasteiger charge is -2.19. The fourth-order valence-corrected chi connectivity index (χ4v) is 1.44. The monoisotopic (exact) mass is 237 g/mol. The lowest BCUT2D eigenvalue weighted by molar-refractivity contribution is -0.132. The van der Waals surface area contributed by atoms with Crippen LogP contribution in [0.4, 0.5) is 0 Å². The van der Waals surface area contributed by atoms with Gasteiger partial charge in [0.2, 0.25) is 5.91 Å². The molecule has 2 N–H and O–H groups in total. The minimum absolute atomic E-state index is 0.00736. The molecule has 1 aromatic heterocycles. The number of nitrogens with zero attached hydrogens (tertiary/aromatic N) is 2. The van der Waals surface area contributed by atoms with Crippen molar-refractivity contribution in [1.29, 1.82) is 0 Å². The van der Waals surface area contributed by atoms with Crippen molar-refractivity contribution in [3.05, 3.63) is 30.1 Å². The summed E-state index contributed by atoms with van der Waals surface area (Å²) in [5.74, 6) is 0.00736. The molecule has 1 heterocycles. The van der Waals surface area contributed by atoms with Crippen LogP contribution in [0.15, 0.2) is 24.4 Å². The van der Waals surface area contributed by atoms with Crippen LogP contribution in [0.5, 0.6) is 0 Å². The van der Waals surface area contributed by atoms with Crippen LogP contribution < -0.4 is 5.73 Å². The number of aromatic nitrogens is 1. The Balaban J connectivity index is 2.47.